The largest absolute Gasteiger partial charge is 0.298 e. The molecule has 0 radical (unpaired) electrons. The Balaban J connectivity index is 2.33. The van der Waals surface area contributed by atoms with Crippen LogP contribution in [0.3, 0.4) is 0 Å². The lowest BCUT2D eigenvalue weighted by molar-refractivity contribution is -0.119. The summed E-state index contributed by atoms with van der Waals surface area (Å²) in [6.45, 7) is 1.89. The smallest absolute Gasteiger partial charge is 0.149 e. The minimum atomic E-state index is 0.0787. The fourth-order valence-corrected chi connectivity index (χ4v) is 1.07. The van der Waals surface area contributed by atoms with Crippen LogP contribution in [0.2, 0.25) is 0 Å². The Kier molecular flexibility index (Phi) is 1.71. The van der Waals surface area contributed by atoms with Crippen LogP contribution in [-0.2, 0) is 4.79 Å². The lowest BCUT2D eigenvalue weighted by atomic mass is 10.2. The predicted octanol–water partition coefficient (Wildman–Crippen LogP) is 1.75. The summed E-state index contributed by atoms with van der Waals surface area (Å²) in [5, 5.41) is 0. The number of carbonyl (C=O) groups is 1. The van der Waals surface area contributed by atoms with Crippen LogP contribution >= 0.6 is 15.9 Å². The van der Waals surface area contributed by atoms with E-state index in [9.17, 15) is 4.79 Å². The second kappa shape index (κ2) is 2.18. The van der Waals surface area contributed by atoms with Gasteiger partial charge in [0.2, 0.25) is 0 Å². The molecule has 0 amide bonds. The number of ketones is 1. The summed E-state index contributed by atoms with van der Waals surface area (Å²) in [4.78, 5) is 10.9. The summed E-state index contributed by atoms with van der Waals surface area (Å²) in [5.41, 5.74) is 0. The van der Waals surface area contributed by atoms with Gasteiger partial charge in [-0.1, -0.05) is 15.9 Å². The van der Waals surface area contributed by atoms with Crippen LogP contribution < -0.4 is 0 Å². The molecule has 2 heteroatoms. The summed E-state index contributed by atoms with van der Waals surface area (Å²) in [6.07, 6.45) is 2.24. The fourth-order valence-electron chi connectivity index (χ4n) is 0.693. The zero-order chi connectivity index (χ0) is 6.15. The fraction of sp³-hybridized carbons (Fsp3) is 0.833. The van der Waals surface area contributed by atoms with Crippen molar-refractivity contribution in [2.24, 2.45) is 5.92 Å². The van der Waals surface area contributed by atoms with Gasteiger partial charge in [0.05, 0.1) is 4.83 Å². The molecular formula is C6H9BrO. The van der Waals surface area contributed by atoms with Crippen LogP contribution in [0.15, 0.2) is 0 Å². The number of Topliss-reactive ketones (excluding diaryl/α,β-unsaturated/α-hetero) is 1. The topological polar surface area (TPSA) is 17.1 Å². The van der Waals surface area contributed by atoms with Crippen molar-refractivity contribution in [2.45, 2.75) is 24.6 Å². The maximum atomic E-state index is 10.9. The van der Waals surface area contributed by atoms with Crippen molar-refractivity contribution in [3.8, 4) is 0 Å². The second-order valence-electron chi connectivity index (χ2n) is 2.29. The quantitative estimate of drug-likeness (QED) is 0.587. The van der Waals surface area contributed by atoms with Gasteiger partial charge in [-0.15, -0.1) is 0 Å². The van der Waals surface area contributed by atoms with E-state index in [0.29, 0.717) is 11.7 Å². The van der Waals surface area contributed by atoms with E-state index in [1.165, 1.54) is 0 Å². The number of halogens is 1. The Hall–Kier alpha value is 0.150. The van der Waals surface area contributed by atoms with Crippen LogP contribution in [0.25, 0.3) is 0 Å². The van der Waals surface area contributed by atoms with E-state index in [2.05, 4.69) is 15.9 Å². The summed E-state index contributed by atoms with van der Waals surface area (Å²) < 4.78 is 0. The van der Waals surface area contributed by atoms with E-state index >= 15 is 0 Å². The van der Waals surface area contributed by atoms with Gasteiger partial charge in [-0.25, -0.2) is 0 Å². The molecule has 1 aliphatic carbocycles. The first-order valence-corrected chi connectivity index (χ1v) is 3.81. The Bertz CT molecular complexity index is 101. The van der Waals surface area contributed by atoms with Gasteiger partial charge in [0, 0.05) is 5.92 Å². The third kappa shape index (κ3) is 1.31. The molecule has 0 heterocycles. The predicted molar refractivity (Wildman–Crippen MR) is 36.1 cm³/mol. The van der Waals surface area contributed by atoms with Crippen LogP contribution in [0, 0.1) is 5.92 Å². The Morgan fingerprint density at radius 1 is 1.75 bits per heavy atom. The van der Waals surface area contributed by atoms with Crippen molar-refractivity contribution in [1.29, 1.82) is 0 Å². The van der Waals surface area contributed by atoms with Crippen molar-refractivity contribution >= 4 is 21.7 Å². The molecule has 46 valence electrons. The molecule has 1 rings (SSSR count). The monoisotopic (exact) mass is 176 g/mol. The molecule has 0 spiro atoms. The van der Waals surface area contributed by atoms with Gasteiger partial charge in [-0.2, -0.15) is 0 Å². The zero-order valence-electron chi connectivity index (χ0n) is 4.86. The minimum absolute atomic E-state index is 0.0787. The van der Waals surface area contributed by atoms with Crippen molar-refractivity contribution in [3.05, 3.63) is 0 Å². The molecule has 1 nitrogen and oxygen atoms in total. The Labute approximate surface area is 57.6 Å². The lowest BCUT2D eigenvalue weighted by Crippen LogP contribution is -2.10. The van der Waals surface area contributed by atoms with Crippen molar-refractivity contribution in [3.63, 3.8) is 0 Å². The maximum absolute atomic E-state index is 10.9. The normalized spacial score (nSPS) is 22.8. The first kappa shape index (κ1) is 6.27. The van der Waals surface area contributed by atoms with Crippen LogP contribution in [-0.4, -0.2) is 10.6 Å². The average Bonchev–Trinajstić information content (AvgIpc) is 2.43. The molecular weight excluding hydrogens is 168 g/mol. The molecule has 0 aromatic carbocycles. The molecule has 0 aromatic rings. The molecule has 0 aromatic heterocycles. The second-order valence-corrected chi connectivity index (χ2v) is 3.67. The van der Waals surface area contributed by atoms with Gasteiger partial charge in [0.25, 0.3) is 0 Å². The van der Waals surface area contributed by atoms with Gasteiger partial charge in [-0.3, -0.25) is 4.79 Å². The van der Waals surface area contributed by atoms with Crippen molar-refractivity contribution in [2.75, 3.05) is 0 Å². The number of hydrogen-bond acceptors (Lipinski definition) is 1. The Morgan fingerprint density at radius 2 is 2.25 bits per heavy atom. The maximum Gasteiger partial charge on any atom is 0.149 e. The van der Waals surface area contributed by atoms with Crippen molar-refractivity contribution < 1.29 is 4.79 Å². The molecule has 1 aliphatic rings. The van der Waals surface area contributed by atoms with E-state index in [4.69, 9.17) is 0 Å². The molecule has 1 saturated carbocycles. The first-order valence-electron chi connectivity index (χ1n) is 2.89. The van der Waals surface area contributed by atoms with Crippen LogP contribution in [0.1, 0.15) is 19.8 Å². The van der Waals surface area contributed by atoms with E-state index < -0.39 is 0 Å². The molecule has 1 fully saturated rings. The molecule has 0 N–H and O–H groups in total. The van der Waals surface area contributed by atoms with E-state index in [1.807, 2.05) is 6.92 Å². The molecule has 0 aliphatic heterocycles. The average molecular weight is 177 g/mol. The number of rotatable bonds is 2. The standard InChI is InChI=1S/C6H9BrO/c1-4(7)6(8)5-2-3-5/h4-5H,2-3H2,1H3. The van der Waals surface area contributed by atoms with Gasteiger partial charge in [0.15, 0.2) is 0 Å². The SMILES string of the molecule is CC(Br)C(=O)C1CC1. The third-order valence-electron chi connectivity index (χ3n) is 1.37. The summed E-state index contributed by atoms with van der Waals surface area (Å²) in [5.74, 6) is 0.786. The molecule has 1 atom stereocenters. The lowest BCUT2D eigenvalue weighted by Gasteiger charge is -1.96. The number of carbonyl (C=O) groups excluding carboxylic acids is 1. The van der Waals surface area contributed by atoms with Gasteiger partial charge in [0.1, 0.15) is 5.78 Å². The van der Waals surface area contributed by atoms with Gasteiger partial charge < -0.3 is 0 Å². The Morgan fingerprint density at radius 3 is 2.38 bits per heavy atom. The van der Waals surface area contributed by atoms with Gasteiger partial charge >= 0.3 is 0 Å². The van der Waals surface area contributed by atoms with Gasteiger partial charge in [-0.05, 0) is 19.8 Å². The summed E-state index contributed by atoms with van der Waals surface area (Å²) in [6, 6.07) is 0. The highest BCUT2D eigenvalue weighted by Gasteiger charge is 2.31. The third-order valence-corrected chi connectivity index (χ3v) is 1.82. The van der Waals surface area contributed by atoms with E-state index in [-0.39, 0.29) is 4.83 Å². The number of alkyl halides is 1. The van der Waals surface area contributed by atoms with Crippen LogP contribution in [0.5, 0.6) is 0 Å². The number of hydrogen-bond donors (Lipinski definition) is 0. The first-order chi connectivity index (χ1) is 3.72. The molecule has 0 saturated heterocycles. The summed E-state index contributed by atoms with van der Waals surface area (Å²) >= 11 is 3.23. The summed E-state index contributed by atoms with van der Waals surface area (Å²) in [7, 11) is 0. The molecule has 1 unspecified atom stereocenters. The molecule has 0 bridgehead atoms. The van der Waals surface area contributed by atoms with Crippen molar-refractivity contribution in [1.82, 2.24) is 0 Å². The minimum Gasteiger partial charge on any atom is -0.298 e. The highest BCUT2D eigenvalue weighted by molar-refractivity contribution is 9.10. The highest BCUT2D eigenvalue weighted by atomic mass is 79.9. The van der Waals surface area contributed by atoms with E-state index in [1.54, 1.807) is 0 Å². The zero-order valence-corrected chi connectivity index (χ0v) is 6.44. The van der Waals surface area contributed by atoms with Crippen LogP contribution in [0.4, 0.5) is 0 Å². The van der Waals surface area contributed by atoms with E-state index in [0.717, 1.165) is 12.8 Å². The highest BCUT2D eigenvalue weighted by Crippen LogP contribution is 2.32. The molecule has 8 heavy (non-hydrogen) atoms.